The fraction of sp³-hybridized carbons (Fsp3) is 0.688. The molecule has 4 heteroatoms. The zero-order valence-electron chi connectivity index (χ0n) is 12.8. The Kier molecular flexibility index (Phi) is 5.42. The van der Waals surface area contributed by atoms with E-state index in [0.717, 1.165) is 17.9 Å². The van der Waals surface area contributed by atoms with E-state index in [2.05, 4.69) is 36.1 Å². The van der Waals surface area contributed by atoms with E-state index in [4.69, 9.17) is 11.6 Å². The summed E-state index contributed by atoms with van der Waals surface area (Å²) in [4.78, 5) is 6.72. The van der Waals surface area contributed by atoms with E-state index in [9.17, 15) is 0 Å². The van der Waals surface area contributed by atoms with Crippen molar-refractivity contribution >= 4 is 11.6 Å². The summed E-state index contributed by atoms with van der Waals surface area (Å²) in [5, 5.41) is 4.30. The van der Waals surface area contributed by atoms with Crippen LogP contribution in [0.4, 0.5) is 0 Å². The fourth-order valence-electron chi connectivity index (χ4n) is 3.34. The van der Waals surface area contributed by atoms with Gasteiger partial charge in [0.05, 0.1) is 5.02 Å². The van der Waals surface area contributed by atoms with E-state index in [1.807, 2.05) is 12.3 Å². The van der Waals surface area contributed by atoms with Crippen molar-refractivity contribution in [3.8, 4) is 0 Å². The van der Waals surface area contributed by atoms with Crippen molar-refractivity contribution in [1.29, 1.82) is 0 Å². The highest BCUT2D eigenvalue weighted by atomic mass is 35.5. The fourth-order valence-corrected chi connectivity index (χ4v) is 3.54. The van der Waals surface area contributed by atoms with Crippen LogP contribution in [0.15, 0.2) is 18.5 Å². The molecule has 1 aliphatic rings. The summed E-state index contributed by atoms with van der Waals surface area (Å²) in [5.74, 6) is 0. The van der Waals surface area contributed by atoms with E-state index in [0.29, 0.717) is 6.04 Å². The van der Waals surface area contributed by atoms with Crippen LogP contribution in [0.3, 0.4) is 0 Å². The number of pyridine rings is 1. The topological polar surface area (TPSA) is 28.2 Å². The molecule has 112 valence electrons. The third kappa shape index (κ3) is 3.16. The third-order valence-electron chi connectivity index (χ3n) is 4.92. The van der Waals surface area contributed by atoms with Gasteiger partial charge in [0, 0.05) is 24.0 Å². The first-order valence-electron chi connectivity index (χ1n) is 7.62. The van der Waals surface area contributed by atoms with Crippen LogP contribution >= 0.6 is 11.6 Å². The van der Waals surface area contributed by atoms with Gasteiger partial charge in [-0.1, -0.05) is 18.5 Å². The summed E-state index contributed by atoms with van der Waals surface area (Å²) in [6.07, 6.45) is 8.29. The van der Waals surface area contributed by atoms with Crippen LogP contribution in [0, 0.1) is 0 Å². The lowest BCUT2D eigenvalue weighted by Gasteiger charge is -2.44. The maximum Gasteiger partial charge on any atom is 0.0621 e. The second-order valence-electron chi connectivity index (χ2n) is 5.92. The minimum absolute atomic E-state index is 0.178. The smallest absolute Gasteiger partial charge is 0.0621 e. The first-order chi connectivity index (χ1) is 9.61. The highest BCUT2D eigenvalue weighted by Crippen LogP contribution is 2.30. The summed E-state index contributed by atoms with van der Waals surface area (Å²) >= 11 is 6.27. The molecule has 1 aromatic heterocycles. The summed E-state index contributed by atoms with van der Waals surface area (Å²) in [7, 11) is 2.06. The molecule has 0 radical (unpaired) electrons. The molecule has 1 aliphatic heterocycles. The van der Waals surface area contributed by atoms with Gasteiger partial charge in [-0.05, 0) is 64.4 Å². The van der Waals surface area contributed by atoms with Crippen LogP contribution in [0.5, 0.6) is 0 Å². The lowest BCUT2D eigenvalue weighted by molar-refractivity contribution is 0.0873. The van der Waals surface area contributed by atoms with Gasteiger partial charge in [-0.15, -0.1) is 0 Å². The molecule has 3 nitrogen and oxygen atoms in total. The van der Waals surface area contributed by atoms with Gasteiger partial charge in [-0.3, -0.25) is 9.88 Å². The van der Waals surface area contributed by atoms with Gasteiger partial charge in [-0.25, -0.2) is 0 Å². The second kappa shape index (κ2) is 6.88. The van der Waals surface area contributed by atoms with Gasteiger partial charge in [0.1, 0.15) is 0 Å². The Hall–Kier alpha value is -0.640. The number of hydrogen-bond acceptors (Lipinski definition) is 3. The number of nitrogens with one attached hydrogen (secondary N) is 1. The normalized spacial score (nSPS) is 20.8. The summed E-state index contributed by atoms with van der Waals surface area (Å²) in [5.41, 5.74) is 1.36. The highest BCUT2D eigenvalue weighted by Gasteiger charge is 2.38. The molecule has 1 saturated heterocycles. The van der Waals surface area contributed by atoms with Crippen molar-refractivity contribution in [2.75, 3.05) is 20.1 Å². The average molecular weight is 296 g/mol. The largest absolute Gasteiger partial charge is 0.315 e. The first kappa shape index (κ1) is 15.7. The Morgan fingerprint density at radius 2 is 2.15 bits per heavy atom. The predicted molar refractivity (Wildman–Crippen MR) is 85.3 cm³/mol. The van der Waals surface area contributed by atoms with Gasteiger partial charge in [-0.2, -0.15) is 0 Å². The standard InChI is InChI=1S/C16H26ClN3/c1-4-16(2,20-9-5-6-10-20)15(18-3)11-13-7-8-19-12-14(13)17/h7-8,12,15,18H,4-6,9-11H2,1-3H3. The average Bonchev–Trinajstić information content (AvgIpc) is 3.00. The lowest BCUT2D eigenvalue weighted by atomic mass is 9.84. The van der Waals surface area contributed by atoms with E-state index in [-0.39, 0.29) is 5.54 Å². The number of nitrogens with zero attached hydrogens (tertiary/aromatic N) is 2. The number of aromatic nitrogens is 1. The molecular weight excluding hydrogens is 270 g/mol. The van der Waals surface area contributed by atoms with E-state index >= 15 is 0 Å². The number of rotatable bonds is 6. The molecule has 0 aromatic carbocycles. The minimum atomic E-state index is 0.178. The summed E-state index contributed by atoms with van der Waals surface area (Å²) < 4.78 is 0. The molecule has 1 N–H and O–H groups in total. The first-order valence-corrected chi connectivity index (χ1v) is 8.00. The van der Waals surface area contributed by atoms with Crippen molar-refractivity contribution in [2.24, 2.45) is 0 Å². The molecular formula is C16H26ClN3. The van der Waals surface area contributed by atoms with Crippen LogP contribution in [-0.4, -0.2) is 41.6 Å². The number of halogens is 1. The Morgan fingerprint density at radius 1 is 1.45 bits per heavy atom. The van der Waals surface area contributed by atoms with Crippen LogP contribution in [-0.2, 0) is 6.42 Å². The molecule has 20 heavy (non-hydrogen) atoms. The molecule has 1 aromatic rings. The molecule has 1 fully saturated rings. The predicted octanol–water partition coefficient (Wildman–Crippen LogP) is 3.13. The van der Waals surface area contributed by atoms with Crippen molar-refractivity contribution in [1.82, 2.24) is 15.2 Å². The monoisotopic (exact) mass is 295 g/mol. The number of likely N-dealkylation sites (tertiary alicyclic amines) is 1. The molecule has 0 bridgehead atoms. The van der Waals surface area contributed by atoms with Crippen molar-refractivity contribution in [2.45, 2.75) is 51.1 Å². The highest BCUT2D eigenvalue weighted by molar-refractivity contribution is 6.31. The number of likely N-dealkylation sites (N-methyl/N-ethyl adjacent to an activating group) is 1. The van der Waals surface area contributed by atoms with E-state index in [1.165, 1.54) is 31.5 Å². The van der Waals surface area contributed by atoms with Crippen molar-refractivity contribution in [3.63, 3.8) is 0 Å². The molecule has 2 unspecified atom stereocenters. The van der Waals surface area contributed by atoms with Crippen molar-refractivity contribution < 1.29 is 0 Å². The van der Waals surface area contributed by atoms with Crippen molar-refractivity contribution in [3.05, 3.63) is 29.0 Å². The zero-order valence-corrected chi connectivity index (χ0v) is 13.6. The molecule has 2 heterocycles. The van der Waals surface area contributed by atoms with Gasteiger partial charge in [0.2, 0.25) is 0 Å². The van der Waals surface area contributed by atoms with Crippen LogP contribution in [0.2, 0.25) is 5.02 Å². The van der Waals surface area contributed by atoms with Gasteiger partial charge < -0.3 is 5.32 Å². The van der Waals surface area contributed by atoms with E-state index in [1.54, 1.807) is 6.20 Å². The van der Waals surface area contributed by atoms with Gasteiger partial charge >= 0.3 is 0 Å². The third-order valence-corrected chi connectivity index (χ3v) is 5.26. The Morgan fingerprint density at radius 3 is 2.70 bits per heavy atom. The molecule has 0 spiro atoms. The minimum Gasteiger partial charge on any atom is -0.315 e. The maximum atomic E-state index is 6.27. The van der Waals surface area contributed by atoms with Crippen LogP contribution < -0.4 is 5.32 Å². The maximum absolute atomic E-state index is 6.27. The Bertz CT molecular complexity index is 431. The lowest BCUT2D eigenvalue weighted by Crippen LogP contribution is -2.58. The molecule has 2 rings (SSSR count). The number of hydrogen-bond donors (Lipinski definition) is 1. The Labute approximate surface area is 127 Å². The summed E-state index contributed by atoms with van der Waals surface area (Å²) in [6.45, 7) is 7.10. The molecule has 0 aliphatic carbocycles. The molecule has 0 amide bonds. The molecule has 0 saturated carbocycles. The second-order valence-corrected chi connectivity index (χ2v) is 6.32. The van der Waals surface area contributed by atoms with Crippen LogP contribution in [0.25, 0.3) is 0 Å². The van der Waals surface area contributed by atoms with E-state index < -0.39 is 0 Å². The van der Waals surface area contributed by atoms with Crippen LogP contribution in [0.1, 0.15) is 38.7 Å². The zero-order chi connectivity index (χ0) is 14.6. The van der Waals surface area contributed by atoms with Gasteiger partial charge in [0.15, 0.2) is 0 Å². The Balaban J connectivity index is 2.19. The summed E-state index contributed by atoms with van der Waals surface area (Å²) in [6, 6.07) is 2.43. The quantitative estimate of drug-likeness (QED) is 0.874. The van der Waals surface area contributed by atoms with Gasteiger partial charge in [0.25, 0.3) is 0 Å². The molecule has 2 atom stereocenters. The SMILES string of the molecule is CCC(C)(C(Cc1ccncc1Cl)NC)N1CCCC1.